The number of nitrogens with zero attached hydrogens (tertiary/aromatic N) is 3. The van der Waals surface area contributed by atoms with E-state index >= 15 is 0 Å². The number of nitrogens with one attached hydrogen (secondary N) is 2. The van der Waals surface area contributed by atoms with Gasteiger partial charge < -0.3 is 10.6 Å². The lowest BCUT2D eigenvalue weighted by atomic mass is 9.96. The minimum absolute atomic E-state index is 0.0265. The van der Waals surface area contributed by atoms with E-state index in [-0.39, 0.29) is 5.56 Å². The fourth-order valence-electron chi connectivity index (χ4n) is 4.05. The third-order valence-electron chi connectivity index (χ3n) is 5.55. The van der Waals surface area contributed by atoms with Crippen molar-refractivity contribution < 1.29 is 8.78 Å². The number of rotatable bonds is 4. The molecule has 0 bridgehead atoms. The Labute approximate surface area is 173 Å². The van der Waals surface area contributed by atoms with Crippen molar-refractivity contribution in [2.24, 2.45) is 4.99 Å². The van der Waals surface area contributed by atoms with E-state index in [1.165, 1.54) is 18.2 Å². The first-order valence-corrected chi connectivity index (χ1v) is 10.1. The summed E-state index contributed by atoms with van der Waals surface area (Å²) < 4.78 is 28.6. The van der Waals surface area contributed by atoms with E-state index in [0.717, 1.165) is 42.8 Å². The zero-order valence-electron chi connectivity index (χ0n) is 16.3. The summed E-state index contributed by atoms with van der Waals surface area (Å²) in [5, 5.41) is 6.75. The standard InChI is InChI=1S/C23H21F2N5/c24-18-4-1-5-19(25)21(18)14-6-7-15-12-28-22(17(15)11-14)20-8-10-27-23(30-20)29-16-3-2-9-26-13-16/h1,4-8,10-11,16,26H,2-3,9,12-13H2,(H,27,29,30)/t16-/m1/s1. The molecule has 30 heavy (non-hydrogen) atoms. The maximum Gasteiger partial charge on any atom is 0.223 e. The second kappa shape index (κ2) is 7.91. The molecule has 1 atom stereocenters. The highest BCUT2D eigenvalue weighted by Gasteiger charge is 2.22. The van der Waals surface area contributed by atoms with Crippen molar-refractivity contribution in [1.29, 1.82) is 0 Å². The van der Waals surface area contributed by atoms with Crippen molar-refractivity contribution >= 4 is 11.7 Å². The first-order valence-electron chi connectivity index (χ1n) is 10.1. The van der Waals surface area contributed by atoms with Crippen LogP contribution in [0.2, 0.25) is 0 Å². The van der Waals surface area contributed by atoms with Crippen LogP contribution in [0, 0.1) is 11.6 Å². The fourth-order valence-corrected chi connectivity index (χ4v) is 4.05. The lowest BCUT2D eigenvalue weighted by Crippen LogP contribution is -2.38. The molecule has 0 unspecified atom stereocenters. The molecule has 3 aromatic rings. The number of aliphatic imine (C=N–C) groups is 1. The van der Waals surface area contributed by atoms with E-state index in [1.807, 2.05) is 12.1 Å². The van der Waals surface area contributed by atoms with Crippen LogP contribution in [-0.2, 0) is 6.54 Å². The predicted octanol–water partition coefficient (Wildman–Crippen LogP) is 3.94. The molecule has 5 rings (SSSR count). The number of benzene rings is 2. The van der Waals surface area contributed by atoms with E-state index in [9.17, 15) is 8.78 Å². The molecule has 0 radical (unpaired) electrons. The normalized spacial score (nSPS) is 18.1. The molecule has 7 heteroatoms. The summed E-state index contributed by atoms with van der Waals surface area (Å²) in [5.74, 6) is -0.601. The molecule has 3 heterocycles. The van der Waals surface area contributed by atoms with Crippen molar-refractivity contribution in [3.8, 4) is 11.1 Å². The number of hydrogen-bond donors (Lipinski definition) is 2. The average molecular weight is 405 g/mol. The minimum Gasteiger partial charge on any atom is -0.350 e. The molecule has 1 saturated heterocycles. The van der Waals surface area contributed by atoms with Crippen LogP contribution in [0.5, 0.6) is 0 Å². The van der Waals surface area contributed by atoms with Crippen molar-refractivity contribution in [1.82, 2.24) is 15.3 Å². The highest BCUT2D eigenvalue weighted by molar-refractivity contribution is 6.14. The van der Waals surface area contributed by atoms with Gasteiger partial charge in [-0.2, -0.15) is 0 Å². The number of anilines is 1. The Morgan fingerprint density at radius 2 is 1.93 bits per heavy atom. The van der Waals surface area contributed by atoms with Crippen LogP contribution in [0.3, 0.4) is 0 Å². The van der Waals surface area contributed by atoms with Gasteiger partial charge in [0, 0.05) is 24.3 Å². The van der Waals surface area contributed by atoms with Crippen LogP contribution < -0.4 is 10.6 Å². The number of hydrogen-bond acceptors (Lipinski definition) is 5. The Kier molecular flexibility index (Phi) is 4.96. The lowest BCUT2D eigenvalue weighted by molar-refractivity contribution is 0.478. The molecule has 2 aromatic carbocycles. The van der Waals surface area contributed by atoms with Crippen LogP contribution in [-0.4, -0.2) is 34.8 Å². The first-order chi connectivity index (χ1) is 14.7. The van der Waals surface area contributed by atoms with E-state index in [0.29, 0.717) is 29.8 Å². The van der Waals surface area contributed by atoms with Gasteiger partial charge in [-0.3, -0.25) is 4.99 Å². The van der Waals surface area contributed by atoms with Crippen LogP contribution in [0.25, 0.3) is 11.1 Å². The summed E-state index contributed by atoms with van der Waals surface area (Å²) in [7, 11) is 0. The third-order valence-corrected chi connectivity index (χ3v) is 5.55. The van der Waals surface area contributed by atoms with Gasteiger partial charge in [-0.05, 0) is 54.8 Å². The highest BCUT2D eigenvalue weighted by atomic mass is 19.1. The Balaban J connectivity index is 1.47. The Hall–Kier alpha value is -3.19. The third kappa shape index (κ3) is 3.57. The molecule has 0 spiro atoms. The van der Waals surface area contributed by atoms with Crippen molar-refractivity contribution in [3.05, 3.63) is 77.1 Å². The van der Waals surface area contributed by atoms with Crippen molar-refractivity contribution in [2.45, 2.75) is 25.4 Å². The Morgan fingerprint density at radius 1 is 1.07 bits per heavy atom. The largest absolute Gasteiger partial charge is 0.350 e. The molecule has 0 saturated carbocycles. The molecule has 0 aliphatic carbocycles. The molecular formula is C23H21F2N5. The number of piperidine rings is 1. The predicted molar refractivity (Wildman–Crippen MR) is 113 cm³/mol. The molecule has 2 aliphatic rings. The van der Waals surface area contributed by atoms with E-state index in [1.54, 1.807) is 18.3 Å². The molecule has 152 valence electrons. The maximum atomic E-state index is 14.3. The van der Waals surface area contributed by atoms with Crippen molar-refractivity contribution in [3.63, 3.8) is 0 Å². The van der Waals surface area contributed by atoms with Crippen LogP contribution in [0.15, 0.2) is 53.7 Å². The number of fused-ring (bicyclic) bond motifs is 1. The van der Waals surface area contributed by atoms with Gasteiger partial charge >= 0.3 is 0 Å². The van der Waals surface area contributed by atoms with Gasteiger partial charge in [0.15, 0.2) is 0 Å². The van der Waals surface area contributed by atoms with Crippen LogP contribution in [0.1, 0.15) is 29.7 Å². The Bertz CT molecular complexity index is 1100. The van der Waals surface area contributed by atoms with Gasteiger partial charge in [-0.1, -0.05) is 18.2 Å². The maximum absolute atomic E-state index is 14.3. The second-order valence-corrected chi connectivity index (χ2v) is 7.59. The van der Waals surface area contributed by atoms with Gasteiger partial charge in [0.1, 0.15) is 11.6 Å². The molecule has 1 aromatic heterocycles. The Morgan fingerprint density at radius 3 is 2.73 bits per heavy atom. The molecule has 2 aliphatic heterocycles. The zero-order valence-corrected chi connectivity index (χ0v) is 16.3. The van der Waals surface area contributed by atoms with Crippen molar-refractivity contribution in [2.75, 3.05) is 18.4 Å². The SMILES string of the molecule is Fc1cccc(F)c1-c1ccc2c(c1)C(c1ccnc(N[C@@H]3CCCNC3)n1)=NC2. The summed E-state index contributed by atoms with van der Waals surface area (Å²) in [6.45, 7) is 2.44. The number of aromatic nitrogens is 2. The monoisotopic (exact) mass is 405 g/mol. The topological polar surface area (TPSA) is 62.2 Å². The minimum atomic E-state index is -0.582. The molecular weight excluding hydrogens is 384 g/mol. The fraction of sp³-hybridized carbons (Fsp3) is 0.261. The van der Waals surface area contributed by atoms with E-state index < -0.39 is 11.6 Å². The van der Waals surface area contributed by atoms with Gasteiger partial charge in [-0.15, -0.1) is 0 Å². The van der Waals surface area contributed by atoms with Crippen LogP contribution >= 0.6 is 0 Å². The average Bonchev–Trinajstić information content (AvgIpc) is 3.18. The van der Waals surface area contributed by atoms with Crippen LogP contribution in [0.4, 0.5) is 14.7 Å². The van der Waals surface area contributed by atoms with Gasteiger partial charge in [-0.25, -0.2) is 18.7 Å². The van der Waals surface area contributed by atoms with E-state index in [2.05, 4.69) is 25.6 Å². The smallest absolute Gasteiger partial charge is 0.223 e. The highest BCUT2D eigenvalue weighted by Crippen LogP contribution is 2.31. The van der Waals surface area contributed by atoms with E-state index in [4.69, 9.17) is 0 Å². The van der Waals surface area contributed by atoms with Gasteiger partial charge in [0.05, 0.1) is 23.5 Å². The molecule has 0 amide bonds. The summed E-state index contributed by atoms with van der Waals surface area (Å²) in [4.78, 5) is 13.6. The van der Waals surface area contributed by atoms with Gasteiger partial charge in [0.2, 0.25) is 5.95 Å². The molecule has 1 fully saturated rings. The zero-order chi connectivity index (χ0) is 20.5. The number of halogens is 2. The lowest BCUT2D eigenvalue weighted by Gasteiger charge is -2.23. The molecule has 5 nitrogen and oxygen atoms in total. The summed E-state index contributed by atoms with van der Waals surface area (Å²) >= 11 is 0. The quantitative estimate of drug-likeness (QED) is 0.690. The summed E-state index contributed by atoms with van der Waals surface area (Å²) in [6.07, 6.45) is 3.90. The second-order valence-electron chi connectivity index (χ2n) is 7.59. The summed E-state index contributed by atoms with van der Waals surface area (Å²) in [5.41, 5.74) is 3.73. The van der Waals surface area contributed by atoms with Gasteiger partial charge in [0.25, 0.3) is 0 Å². The molecule has 2 N–H and O–H groups in total. The first kappa shape index (κ1) is 18.8. The summed E-state index contributed by atoms with van der Waals surface area (Å²) in [6, 6.07) is 11.4.